The molecule has 138 valence electrons. The Kier molecular flexibility index (Phi) is 4.71. The lowest BCUT2D eigenvalue weighted by atomic mass is 10.2. The van der Waals surface area contributed by atoms with Crippen LogP contribution in [0.2, 0.25) is 0 Å². The molecule has 10 nitrogen and oxygen atoms in total. The van der Waals surface area contributed by atoms with Crippen molar-refractivity contribution >= 4 is 29.7 Å². The second kappa shape index (κ2) is 7.12. The van der Waals surface area contributed by atoms with Crippen LogP contribution in [0.4, 0.5) is 10.5 Å². The minimum Gasteiger partial charge on any atom is -0.468 e. The van der Waals surface area contributed by atoms with E-state index in [0.29, 0.717) is 11.4 Å². The van der Waals surface area contributed by atoms with Crippen LogP contribution in [0.3, 0.4) is 0 Å². The average molecular weight is 370 g/mol. The molecule has 0 spiro atoms. The number of methoxy groups -OCH3 is 1. The minimum atomic E-state index is -0.718. The van der Waals surface area contributed by atoms with Crippen LogP contribution in [-0.2, 0) is 14.3 Å². The normalized spacial score (nSPS) is 15.1. The highest BCUT2D eigenvalue weighted by Crippen LogP contribution is 2.20. The number of imide groups is 1. The summed E-state index contributed by atoms with van der Waals surface area (Å²) in [6.07, 6.45) is 3.17. The van der Waals surface area contributed by atoms with Crippen LogP contribution in [0.1, 0.15) is 5.69 Å². The Morgan fingerprint density at radius 1 is 1.26 bits per heavy atom. The van der Waals surface area contributed by atoms with Crippen molar-refractivity contribution in [1.82, 2.24) is 14.8 Å². The lowest BCUT2D eigenvalue weighted by Gasteiger charge is -2.09. The van der Waals surface area contributed by atoms with Gasteiger partial charge in [0.25, 0.3) is 11.6 Å². The van der Waals surface area contributed by atoms with E-state index >= 15 is 0 Å². The van der Waals surface area contributed by atoms with Crippen LogP contribution in [0.15, 0.2) is 48.3 Å². The van der Waals surface area contributed by atoms with Gasteiger partial charge in [-0.05, 0) is 30.3 Å². The van der Waals surface area contributed by atoms with Gasteiger partial charge in [0.1, 0.15) is 12.2 Å². The first kappa shape index (κ1) is 17.9. The highest BCUT2D eigenvalue weighted by Gasteiger charge is 2.35. The van der Waals surface area contributed by atoms with E-state index in [4.69, 9.17) is 0 Å². The number of amides is 3. The highest BCUT2D eigenvalue weighted by molar-refractivity contribution is 6.15. The first-order valence-electron chi connectivity index (χ1n) is 7.74. The molecule has 1 aromatic heterocycles. The molecule has 0 aliphatic carbocycles. The van der Waals surface area contributed by atoms with Crippen molar-refractivity contribution in [2.24, 2.45) is 0 Å². The number of nitrogens with zero attached hydrogens (tertiary/aromatic N) is 3. The molecule has 27 heavy (non-hydrogen) atoms. The van der Waals surface area contributed by atoms with E-state index in [-0.39, 0.29) is 11.4 Å². The van der Waals surface area contributed by atoms with Crippen molar-refractivity contribution in [1.29, 1.82) is 0 Å². The van der Waals surface area contributed by atoms with Gasteiger partial charge in [0.2, 0.25) is 0 Å². The van der Waals surface area contributed by atoms with E-state index in [0.717, 1.165) is 12.0 Å². The molecule has 0 bridgehead atoms. The summed E-state index contributed by atoms with van der Waals surface area (Å²) in [4.78, 5) is 46.6. The third kappa shape index (κ3) is 3.54. The van der Waals surface area contributed by atoms with Gasteiger partial charge in [-0.25, -0.2) is 9.69 Å². The predicted molar refractivity (Wildman–Crippen MR) is 92.7 cm³/mol. The SMILES string of the molecule is COC(=O)CN1C(=O)N/C(=C/c2cccn2-c2ccc([N+](=O)[O-])cc2)C1=O. The molecule has 1 aliphatic rings. The Morgan fingerprint density at radius 2 is 1.96 bits per heavy atom. The van der Waals surface area contributed by atoms with Crippen LogP contribution in [-0.4, -0.2) is 46.0 Å². The fourth-order valence-corrected chi connectivity index (χ4v) is 2.54. The summed E-state index contributed by atoms with van der Waals surface area (Å²) in [6, 6.07) is 8.58. The fourth-order valence-electron chi connectivity index (χ4n) is 2.54. The molecular formula is C17H14N4O6. The summed E-state index contributed by atoms with van der Waals surface area (Å²) < 4.78 is 6.16. The molecule has 10 heteroatoms. The van der Waals surface area contributed by atoms with Gasteiger partial charge in [-0.3, -0.25) is 19.7 Å². The molecule has 1 aliphatic heterocycles. The van der Waals surface area contributed by atoms with Crippen LogP contribution in [0.25, 0.3) is 11.8 Å². The summed E-state index contributed by atoms with van der Waals surface area (Å²) in [5.74, 6) is -1.36. The summed E-state index contributed by atoms with van der Waals surface area (Å²) in [5.41, 5.74) is 1.17. The van der Waals surface area contributed by atoms with E-state index in [1.54, 1.807) is 35.0 Å². The summed E-state index contributed by atoms with van der Waals surface area (Å²) in [7, 11) is 1.16. The van der Waals surface area contributed by atoms with Gasteiger partial charge < -0.3 is 14.6 Å². The number of carbonyl (C=O) groups excluding carboxylic acids is 3. The molecule has 0 atom stereocenters. The zero-order valence-corrected chi connectivity index (χ0v) is 14.1. The molecule has 0 saturated carbocycles. The Morgan fingerprint density at radius 3 is 2.59 bits per heavy atom. The van der Waals surface area contributed by atoms with Crippen molar-refractivity contribution in [2.75, 3.05) is 13.7 Å². The van der Waals surface area contributed by atoms with E-state index in [1.807, 2.05) is 0 Å². The van der Waals surface area contributed by atoms with Gasteiger partial charge in [-0.1, -0.05) is 0 Å². The third-order valence-corrected chi connectivity index (χ3v) is 3.89. The number of hydrogen-bond acceptors (Lipinski definition) is 6. The van der Waals surface area contributed by atoms with Gasteiger partial charge in [-0.2, -0.15) is 0 Å². The first-order chi connectivity index (χ1) is 12.9. The number of nitro groups is 1. The molecule has 1 N–H and O–H groups in total. The van der Waals surface area contributed by atoms with E-state index in [2.05, 4.69) is 10.1 Å². The molecule has 1 fully saturated rings. The Hall–Kier alpha value is -3.95. The van der Waals surface area contributed by atoms with Gasteiger partial charge in [-0.15, -0.1) is 0 Å². The Balaban J connectivity index is 1.88. The Bertz CT molecular complexity index is 960. The number of ether oxygens (including phenoxy) is 1. The maximum Gasteiger partial charge on any atom is 0.329 e. The average Bonchev–Trinajstić information content (AvgIpc) is 3.22. The quantitative estimate of drug-likeness (QED) is 0.279. The van der Waals surface area contributed by atoms with Crippen LogP contribution >= 0.6 is 0 Å². The molecule has 0 radical (unpaired) electrons. The lowest BCUT2D eigenvalue weighted by molar-refractivity contribution is -0.384. The van der Waals surface area contributed by atoms with Gasteiger partial charge >= 0.3 is 12.0 Å². The molecular weight excluding hydrogens is 356 g/mol. The largest absolute Gasteiger partial charge is 0.468 e. The zero-order valence-electron chi connectivity index (χ0n) is 14.1. The zero-order chi connectivity index (χ0) is 19.6. The topological polar surface area (TPSA) is 124 Å². The second-order valence-electron chi connectivity index (χ2n) is 5.53. The summed E-state index contributed by atoms with van der Waals surface area (Å²) in [6.45, 7) is -0.484. The molecule has 1 saturated heterocycles. The molecule has 0 unspecified atom stereocenters. The molecule has 2 aromatic rings. The number of rotatable bonds is 5. The number of hydrogen-bond donors (Lipinski definition) is 1. The number of nitrogens with one attached hydrogen (secondary N) is 1. The molecule has 3 amide bonds. The number of nitro benzene ring substituents is 1. The predicted octanol–water partition coefficient (Wildman–Crippen LogP) is 1.45. The minimum absolute atomic E-state index is 0.00534. The third-order valence-electron chi connectivity index (χ3n) is 3.89. The number of benzene rings is 1. The smallest absolute Gasteiger partial charge is 0.329 e. The number of urea groups is 1. The lowest BCUT2D eigenvalue weighted by Crippen LogP contribution is -2.36. The Labute approximate surface area is 152 Å². The van der Waals surface area contributed by atoms with E-state index < -0.39 is 29.4 Å². The van der Waals surface area contributed by atoms with Gasteiger partial charge in [0, 0.05) is 29.7 Å². The molecule has 2 heterocycles. The monoisotopic (exact) mass is 370 g/mol. The number of esters is 1. The van der Waals surface area contributed by atoms with Gasteiger partial charge in [0.05, 0.1) is 12.0 Å². The van der Waals surface area contributed by atoms with E-state index in [9.17, 15) is 24.5 Å². The van der Waals surface area contributed by atoms with E-state index in [1.165, 1.54) is 18.2 Å². The molecule has 3 rings (SSSR count). The van der Waals surface area contributed by atoms with Crippen molar-refractivity contribution < 1.29 is 24.0 Å². The summed E-state index contributed by atoms with van der Waals surface area (Å²) in [5, 5.41) is 13.2. The van der Waals surface area contributed by atoms with Crippen molar-refractivity contribution in [2.45, 2.75) is 0 Å². The van der Waals surface area contributed by atoms with Crippen LogP contribution < -0.4 is 5.32 Å². The summed E-state index contributed by atoms with van der Waals surface area (Å²) >= 11 is 0. The highest BCUT2D eigenvalue weighted by atomic mass is 16.6. The first-order valence-corrected chi connectivity index (χ1v) is 7.74. The maximum absolute atomic E-state index is 12.3. The fraction of sp³-hybridized carbons (Fsp3) is 0.118. The van der Waals surface area contributed by atoms with Crippen molar-refractivity contribution in [3.8, 4) is 5.69 Å². The number of carbonyl (C=O) groups is 3. The van der Waals surface area contributed by atoms with Crippen molar-refractivity contribution in [3.05, 3.63) is 64.1 Å². The van der Waals surface area contributed by atoms with Crippen LogP contribution in [0, 0.1) is 10.1 Å². The van der Waals surface area contributed by atoms with Crippen molar-refractivity contribution in [3.63, 3.8) is 0 Å². The maximum atomic E-state index is 12.3. The van der Waals surface area contributed by atoms with Crippen LogP contribution in [0.5, 0.6) is 0 Å². The van der Waals surface area contributed by atoms with Gasteiger partial charge in [0.15, 0.2) is 0 Å². The molecule has 1 aromatic carbocycles. The number of aromatic nitrogens is 1. The standard InChI is InChI=1S/C17H14N4O6/c1-27-15(22)10-20-16(23)14(18-17(20)24)9-13-3-2-8-19(13)11-4-6-12(7-5-11)21(25)26/h2-9H,10H2,1H3,(H,18,24)/b14-9+. The number of non-ortho nitro benzene ring substituents is 1. The second-order valence-corrected chi connectivity index (χ2v) is 5.53.